The number of nitrogens with zero attached hydrogens (tertiary/aromatic N) is 2. The van der Waals surface area contributed by atoms with Crippen molar-refractivity contribution in [3.05, 3.63) is 40.2 Å². The van der Waals surface area contributed by atoms with E-state index in [2.05, 4.69) is 11.1 Å². The van der Waals surface area contributed by atoms with Crippen molar-refractivity contribution in [1.29, 1.82) is 5.26 Å². The first-order valence-electron chi connectivity index (χ1n) is 4.25. The number of rotatable bonds is 2. The maximum Gasteiger partial charge on any atom is 0.178 e. The third-order valence-corrected chi connectivity index (χ3v) is 2.68. The van der Waals surface area contributed by atoms with Crippen LogP contribution in [0.15, 0.2) is 29.6 Å². The highest BCUT2D eigenvalue weighted by Crippen LogP contribution is 2.21. The minimum Gasteiger partial charge on any atom is -0.295 e. The van der Waals surface area contributed by atoms with Gasteiger partial charge < -0.3 is 0 Å². The summed E-state index contributed by atoms with van der Waals surface area (Å²) in [6.45, 7) is 0. The number of nitriles is 1. The quantitative estimate of drug-likeness (QED) is 0.722. The summed E-state index contributed by atoms with van der Waals surface area (Å²) in [6, 6.07) is 9.22. The Kier molecular flexibility index (Phi) is 2.57. The van der Waals surface area contributed by atoms with Gasteiger partial charge in [0.15, 0.2) is 11.3 Å². The van der Waals surface area contributed by atoms with Gasteiger partial charge in [0.2, 0.25) is 0 Å². The maximum absolute atomic E-state index is 10.5. The average Bonchev–Trinajstić information content (AvgIpc) is 2.78. The molecule has 1 aromatic carbocycles. The summed E-state index contributed by atoms with van der Waals surface area (Å²) in [4.78, 5) is 14.6. The zero-order chi connectivity index (χ0) is 10.7. The van der Waals surface area contributed by atoms with Crippen LogP contribution in [0.3, 0.4) is 0 Å². The molecular formula is C11H6N2OS. The highest BCUT2D eigenvalue weighted by Gasteiger charge is 2.03. The molecule has 0 aliphatic carbocycles. The Morgan fingerprint density at radius 1 is 1.47 bits per heavy atom. The highest BCUT2D eigenvalue weighted by atomic mass is 32.1. The molecule has 2 rings (SSSR count). The van der Waals surface area contributed by atoms with Crippen molar-refractivity contribution < 1.29 is 4.79 Å². The van der Waals surface area contributed by atoms with Gasteiger partial charge in [-0.05, 0) is 12.1 Å². The van der Waals surface area contributed by atoms with Crippen LogP contribution in [0, 0.1) is 11.3 Å². The van der Waals surface area contributed by atoms with E-state index < -0.39 is 0 Å². The van der Waals surface area contributed by atoms with Crippen molar-refractivity contribution in [3.8, 4) is 17.3 Å². The molecule has 2 aromatic rings. The molecule has 1 heterocycles. The van der Waals surface area contributed by atoms with Crippen LogP contribution in [-0.4, -0.2) is 11.3 Å². The molecule has 72 valence electrons. The first-order valence-corrected chi connectivity index (χ1v) is 5.12. The van der Waals surface area contributed by atoms with Crippen LogP contribution in [-0.2, 0) is 0 Å². The van der Waals surface area contributed by atoms with Crippen LogP contribution >= 0.6 is 11.3 Å². The van der Waals surface area contributed by atoms with Gasteiger partial charge in [-0.1, -0.05) is 12.1 Å². The zero-order valence-electron chi connectivity index (χ0n) is 7.68. The first-order chi connectivity index (χ1) is 7.33. The molecule has 0 aliphatic rings. The SMILES string of the molecule is N#Cc1cccc(-c2csc(C=O)n2)c1. The monoisotopic (exact) mass is 214 g/mol. The van der Waals surface area contributed by atoms with E-state index in [-0.39, 0.29) is 0 Å². The van der Waals surface area contributed by atoms with Gasteiger partial charge in [-0.15, -0.1) is 11.3 Å². The van der Waals surface area contributed by atoms with Gasteiger partial charge in [0, 0.05) is 10.9 Å². The van der Waals surface area contributed by atoms with Crippen LogP contribution in [0.5, 0.6) is 0 Å². The predicted octanol–water partition coefficient (Wildman–Crippen LogP) is 2.49. The van der Waals surface area contributed by atoms with Crippen molar-refractivity contribution in [1.82, 2.24) is 4.98 Å². The van der Waals surface area contributed by atoms with Gasteiger partial charge in [-0.3, -0.25) is 4.79 Å². The van der Waals surface area contributed by atoms with Gasteiger partial charge in [0.1, 0.15) is 0 Å². The lowest BCUT2D eigenvalue weighted by Crippen LogP contribution is -1.81. The van der Waals surface area contributed by atoms with Crippen molar-refractivity contribution >= 4 is 17.6 Å². The number of carbonyl (C=O) groups is 1. The second-order valence-corrected chi connectivity index (χ2v) is 3.77. The number of aromatic nitrogens is 1. The average molecular weight is 214 g/mol. The number of benzene rings is 1. The fraction of sp³-hybridized carbons (Fsp3) is 0. The lowest BCUT2D eigenvalue weighted by atomic mass is 10.1. The third kappa shape index (κ3) is 1.92. The zero-order valence-corrected chi connectivity index (χ0v) is 8.49. The summed E-state index contributed by atoms with van der Waals surface area (Å²) in [5.41, 5.74) is 2.19. The van der Waals surface area contributed by atoms with Crippen LogP contribution in [0.25, 0.3) is 11.3 Å². The third-order valence-electron chi connectivity index (χ3n) is 1.91. The molecule has 0 radical (unpaired) electrons. The summed E-state index contributed by atoms with van der Waals surface area (Å²) in [7, 11) is 0. The Morgan fingerprint density at radius 3 is 3.00 bits per heavy atom. The number of hydrogen-bond acceptors (Lipinski definition) is 4. The topological polar surface area (TPSA) is 53.8 Å². The summed E-state index contributed by atoms with van der Waals surface area (Å²) in [5.74, 6) is 0. The summed E-state index contributed by atoms with van der Waals surface area (Å²) in [5, 5.41) is 11.0. The molecule has 0 amide bonds. The molecule has 0 unspecified atom stereocenters. The predicted molar refractivity (Wildman–Crippen MR) is 57.7 cm³/mol. The van der Waals surface area contributed by atoms with Crippen LogP contribution in [0.2, 0.25) is 0 Å². The van der Waals surface area contributed by atoms with E-state index in [4.69, 9.17) is 5.26 Å². The van der Waals surface area contributed by atoms with E-state index in [9.17, 15) is 4.79 Å². The van der Waals surface area contributed by atoms with Gasteiger partial charge in [-0.2, -0.15) is 5.26 Å². The summed E-state index contributed by atoms with van der Waals surface area (Å²) >= 11 is 1.30. The van der Waals surface area contributed by atoms with Crippen molar-refractivity contribution in [2.45, 2.75) is 0 Å². The minimum atomic E-state index is 0.451. The van der Waals surface area contributed by atoms with E-state index in [0.717, 1.165) is 17.5 Å². The Labute approximate surface area is 90.6 Å². The van der Waals surface area contributed by atoms with Crippen LogP contribution in [0.1, 0.15) is 15.4 Å². The number of carbonyl (C=O) groups excluding carboxylic acids is 1. The maximum atomic E-state index is 10.5. The van der Waals surface area contributed by atoms with Crippen LogP contribution in [0.4, 0.5) is 0 Å². The van der Waals surface area contributed by atoms with E-state index in [0.29, 0.717) is 10.6 Å². The largest absolute Gasteiger partial charge is 0.295 e. The molecular weight excluding hydrogens is 208 g/mol. The molecule has 3 nitrogen and oxygen atoms in total. The molecule has 0 N–H and O–H groups in total. The van der Waals surface area contributed by atoms with Crippen molar-refractivity contribution in [2.24, 2.45) is 0 Å². The van der Waals surface area contributed by atoms with E-state index in [1.165, 1.54) is 11.3 Å². The van der Waals surface area contributed by atoms with E-state index >= 15 is 0 Å². The molecule has 4 heteroatoms. The molecule has 15 heavy (non-hydrogen) atoms. The molecule has 0 aliphatic heterocycles. The number of aldehydes is 1. The highest BCUT2D eigenvalue weighted by molar-refractivity contribution is 7.11. The number of hydrogen-bond donors (Lipinski definition) is 0. The second kappa shape index (κ2) is 4.03. The molecule has 0 atom stereocenters. The normalized spacial score (nSPS) is 9.53. The lowest BCUT2D eigenvalue weighted by molar-refractivity contribution is 0.112. The Bertz CT molecular complexity index is 540. The number of thiazole rings is 1. The molecule has 0 bridgehead atoms. The fourth-order valence-corrected chi connectivity index (χ4v) is 1.85. The van der Waals surface area contributed by atoms with Crippen molar-refractivity contribution in [3.63, 3.8) is 0 Å². The summed E-state index contributed by atoms with van der Waals surface area (Å²) in [6.07, 6.45) is 0.725. The molecule has 0 saturated carbocycles. The first kappa shape index (κ1) is 9.56. The summed E-state index contributed by atoms with van der Waals surface area (Å²) < 4.78 is 0. The van der Waals surface area contributed by atoms with Gasteiger partial charge >= 0.3 is 0 Å². The molecule has 0 spiro atoms. The van der Waals surface area contributed by atoms with Gasteiger partial charge in [0.25, 0.3) is 0 Å². The van der Waals surface area contributed by atoms with Crippen LogP contribution < -0.4 is 0 Å². The van der Waals surface area contributed by atoms with E-state index in [1.54, 1.807) is 23.6 Å². The smallest absolute Gasteiger partial charge is 0.178 e. The molecule has 0 saturated heterocycles. The minimum absolute atomic E-state index is 0.451. The molecule has 1 aromatic heterocycles. The fourth-order valence-electron chi connectivity index (χ4n) is 1.22. The molecule has 0 fully saturated rings. The van der Waals surface area contributed by atoms with Crippen molar-refractivity contribution in [2.75, 3.05) is 0 Å². The lowest BCUT2D eigenvalue weighted by Gasteiger charge is -1.95. The Balaban J connectivity index is 2.45. The Hall–Kier alpha value is -1.99. The van der Waals surface area contributed by atoms with E-state index in [1.807, 2.05) is 6.07 Å². The Morgan fingerprint density at radius 2 is 2.33 bits per heavy atom. The standard InChI is InChI=1S/C11H6N2OS/c12-5-8-2-1-3-9(4-8)10-7-15-11(6-14)13-10/h1-4,6-7H. The second-order valence-electron chi connectivity index (χ2n) is 2.88. The van der Waals surface area contributed by atoms with Gasteiger partial charge in [0.05, 0.1) is 17.3 Å². The van der Waals surface area contributed by atoms with Gasteiger partial charge in [-0.25, -0.2) is 4.98 Å².